The highest BCUT2D eigenvalue weighted by Gasteiger charge is 2.13. The van der Waals surface area contributed by atoms with Gasteiger partial charge in [0.05, 0.1) is 18.8 Å². The summed E-state index contributed by atoms with van der Waals surface area (Å²) in [5.74, 6) is 0.454. The number of ether oxygens (including phenoxy) is 1. The van der Waals surface area contributed by atoms with Crippen LogP contribution < -0.4 is 4.74 Å². The lowest BCUT2D eigenvalue weighted by atomic mass is 10.1. The van der Waals surface area contributed by atoms with Crippen molar-refractivity contribution < 1.29 is 14.6 Å². The van der Waals surface area contributed by atoms with Gasteiger partial charge in [-0.15, -0.1) is 0 Å². The fourth-order valence-electron chi connectivity index (χ4n) is 1.25. The van der Waals surface area contributed by atoms with Crippen molar-refractivity contribution in [1.82, 2.24) is 0 Å². The van der Waals surface area contributed by atoms with Gasteiger partial charge in [-0.2, -0.15) is 0 Å². The second kappa shape index (κ2) is 4.77. The Balaban J connectivity index is 2.88. The number of carbonyl (C=O) groups excluding carboxylic acids is 1. The molecule has 1 atom stereocenters. The average molecular weight is 194 g/mol. The first-order valence-corrected chi connectivity index (χ1v) is 4.49. The van der Waals surface area contributed by atoms with Crippen molar-refractivity contribution in [3.8, 4) is 5.75 Å². The van der Waals surface area contributed by atoms with Gasteiger partial charge in [0, 0.05) is 6.42 Å². The van der Waals surface area contributed by atoms with Crippen molar-refractivity contribution >= 4 is 5.78 Å². The Morgan fingerprint density at radius 2 is 2.14 bits per heavy atom. The topological polar surface area (TPSA) is 46.5 Å². The molecule has 3 heteroatoms. The molecule has 1 rings (SSSR count). The van der Waals surface area contributed by atoms with E-state index < -0.39 is 6.10 Å². The second-order valence-corrected chi connectivity index (χ2v) is 3.18. The Hall–Kier alpha value is -1.35. The molecule has 76 valence electrons. The van der Waals surface area contributed by atoms with Crippen LogP contribution >= 0.6 is 0 Å². The van der Waals surface area contributed by atoms with Crippen molar-refractivity contribution in [3.05, 3.63) is 29.8 Å². The third kappa shape index (κ3) is 2.57. The average Bonchev–Trinajstić information content (AvgIpc) is 2.16. The van der Waals surface area contributed by atoms with E-state index in [9.17, 15) is 4.79 Å². The largest absolute Gasteiger partial charge is 0.496 e. The minimum Gasteiger partial charge on any atom is -0.496 e. The van der Waals surface area contributed by atoms with E-state index in [1.165, 1.54) is 7.11 Å². The Morgan fingerprint density at radius 1 is 1.50 bits per heavy atom. The first kappa shape index (κ1) is 10.7. The second-order valence-electron chi connectivity index (χ2n) is 3.18. The molecule has 1 aromatic carbocycles. The molecule has 0 bridgehead atoms. The Kier molecular flexibility index (Phi) is 3.65. The molecule has 3 nitrogen and oxygen atoms in total. The lowest BCUT2D eigenvalue weighted by molar-refractivity contribution is 0.0898. The molecule has 0 radical (unpaired) electrons. The van der Waals surface area contributed by atoms with Crippen LogP contribution in [0.1, 0.15) is 23.7 Å². The lowest BCUT2D eigenvalue weighted by Crippen LogP contribution is -2.10. The number of ketones is 1. The predicted molar refractivity (Wildman–Crippen MR) is 53.6 cm³/mol. The van der Waals surface area contributed by atoms with Crippen molar-refractivity contribution in [2.45, 2.75) is 19.4 Å². The highest BCUT2D eigenvalue weighted by molar-refractivity contribution is 5.98. The van der Waals surface area contributed by atoms with Crippen molar-refractivity contribution in [2.24, 2.45) is 0 Å². The Morgan fingerprint density at radius 3 is 2.71 bits per heavy atom. The van der Waals surface area contributed by atoms with Gasteiger partial charge in [-0.05, 0) is 19.1 Å². The molecule has 0 aliphatic rings. The normalized spacial score (nSPS) is 12.2. The number of aliphatic hydroxyl groups excluding tert-OH is 1. The number of para-hydroxylation sites is 1. The molecular weight excluding hydrogens is 180 g/mol. The van der Waals surface area contributed by atoms with Gasteiger partial charge in [-0.3, -0.25) is 4.79 Å². The zero-order chi connectivity index (χ0) is 10.6. The van der Waals surface area contributed by atoms with Gasteiger partial charge in [-0.1, -0.05) is 12.1 Å². The van der Waals surface area contributed by atoms with Crippen LogP contribution in [0.4, 0.5) is 0 Å². The summed E-state index contributed by atoms with van der Waals surface area (Å²) in [5.41, 5.74) is 0.524. The zero-order valence-corrected chi connectivity index (χ0v) is 8.36. The SMILES string of the molecule is COc1ccccc1C(=O)CC(C)O. The number of hydrogen-bond acceptors (Lipinski definition) is 3. The van der Waals surface area contributed by atoms with Crippen LogP contribution in [0.25, 0.3) is 0 Å². The van der Waals surface area contributed by atoms with E-state index in [2.05, 4.69) is 0 Å². The molecule has 0 fully saturated rings. The molecule has 0 spiro atoms. The van der Waals surface area contributed by atoms with Gasteiger partial charge in [0.2, 0.25) is 0 Å². The molecule has 1 N–H and O–H groups in total. The minimum absolute atomic E-state index is 0.0996. The maximum Gasteiger partial charge on any atom is 0.169 e. The molecule has 0 saturated heterocycles. The van der Waals surface area contributed by atoms with Gasteiger partial charge in [0.15, 0.2) is 5.78 Å². The van der Waals surface area contributed by atoms with Crippen LogP contribution in [0, 0.1) is 0 Å². The summed E-state index contributed by atoms with van der Waals surface area (Å²) in [5, 5.41) is 9.09. The summed E-state index contributed by atoms with van der Waals surface area (Å²) in [7, 11) is 1.52. The van der Waals surface area contributed by atoms with Gasteiger partial charge in [-0.25, -0.2) is 0 Å². The summed E-state index contributed by atoms with van der Waals surface area (Å²) in [4.78, 5) is 11.6. The fourth-order valence-corrected chi connectivity index (χ4v) is 1.25. The van der Waals surface area contributed by atoms with Crippen LogP contribution in [0.5, 0.6) is 5.75 Å². The molecule has 0 amide bonds. The third-order valence-electron chi connectivity index (χ3n) is 1.89. The van der Waals surface area contributed by atoms with Crippen LogP contribution in [0.2, 0.25) is 0 Å². The maximum absolute atomic E-state index is 11.6. The van der Waals surface area contributed by atoms with Crippen LogP contribution in [0.3, 0.4) is 0 Å². The number of aliphatic hydroxyl groups is 1. The molecular formula is C11H14O3. The number of Topliss-reactive ketones (excluding diaryl/α,β-unsaturated/α-hetero) is 1. The standard InChI is InChI=1S/C11H14O3/c1-8(12)7-10(13)9-5-3-4-6-11(9)14-2/h3-6,8,12H,7H2,1-2H3. The summed E-state index contributed by atoms with van der Waals surface area (Å²) in [6, 6.07) is 7.01. The van der Waals surface area contributed by atoms with E-state index in [-0.39, 0.29) is 12.2 Å². The molecule has 0 aromatic heterocycles. The third-order valence-corrected chi connectivity index (χ3v) is 1.89. The molecule has 1 unspecified atom stereocenters. The Bertz CT molecular complexity index is 318. The van der Waals surface area contributed by atoms with Gasteiger partial charge < -0.3 is 9.84 Å². The van der Waals surface area contributed by atoms with Crippen LogP contribution in [-0.4, -0.2) is 24.1 Å². The highest BCUT2D eigenvalue weighted by Crippen LogP contribution is 2.19. The number of rotatable bonds is 4. The van der Waals surface area contributed by atoms with E-state index in [0.717, 1.165) is 0 Å². The number of carbonyl (C=O) groups is 1. The van der Waals surface area contributed by atoms with E-state index in [0.29, 0.717) is 11.3 Å². The van der Waals surface area contributed by atoms with E-state index >= 15 is 0 Å². The maximum atomic E-state index is 11.6. The minimum atomic E-state index is -0.618. The fraction of sp³-hybridized carbons (Fsp3) is 0.364. The molecule has 0 aliphatic heterocycles. The number of benzene rings is 1. The first-order valence-electron chi connectivity index (χ1n) is 4.49. The summed E-state index contributed by atoms with van der Waals surface area (Å²) in [6.45, 7) is 1.59. The monoisotopic (exact) mass is 194 g/mol. The van der Waals surface area contributed by atoms with E-state index in [1.54, 1.807) is 31.2 Å². The Labute approximate surface area is 83.3 Å². The summed E-state index contributed by atoms with van der Waals surface area (Å²) >= 11 is 0. The van der Waals surface area contributed by atoms with Crippen molar-refractivity contribution in [1.29, 1.82) is 0 Å². The highest BCUT2D eigenvalue weighted by atomic mass is 16.5. The number of methoxy groups -OCH3 is 1. The van der Waals surface area contributed by atoms with E-state index in [1.807, 2.05) is 0 Å². The van der Waals surface area contributed by atoms with Crippen molar-refractivity contribution in [3.63, 3.8) is 0 Å². The van der Waals surface area contributed by atoms with E-state index in [4.69, 9.17) is 9.84 Å². The summed E-state index contributed by atoms with van der Waals surface area (Å²) < 4.78 is 5.05. The first-order chi connectivity index (χ1) is 6.65. The lowest BCUT2D eigenvalue weighted by Gasteiger charge is -2.07. The predicted octanol–water partition coefficient (Wildman–Crippen LogP) is 1.65. The van der Waals surface area contributed by atoms with Crippen LogP contribution in [-0.2, 0) is 0 Å². The molecule has 0 heterocycles. The molecule has 0 saturated carbocycles. The molecule has 1 aromatic rings. The zero-order valence-electron chi connectivity index (χ0n) is 8.36. The smallest absolute Gasteiger partial charge is 0.169 e. The number of hydrogen-bond donors (Lipinski definition) is 1. The quantitative estimate of drug-likeness (QED) is 0.741. The van der Waals surface area contributed by atoms with Gasteiger partial charge >= 0.3 is 0 Å². The summed E-state index contributed by atoms with van der Waals surface area (Å²) in [6.07, 6.45) is -0.493. The van der Waals surface area contributed by atoms with Gasteiger partial charge in [0.1, 0.15) is 5.75 Å². The molecule has 0 aliphatic carbocycles. The van der Waals surface area contributed by atoms with Crippen molar-refractivity contribution in [2.75, 3.05) is 7.11 Å². The van der Waals surface area contributed by atoms with Crippen LogP contribution in [0.15, 0.2) is 24.3 Å². The molecule has 14 heavy (non-hydrogen) atoms. The van der Waals surface area contributed by atoms with Gasteiger partial charge in [0.25, 0.3) is 0 Å².